The molecule has 3 aromatic carbocycles. The zero-order valence-electron chi connectivity index (χ0n) is 62.0. The van der Waals surface area contributed by atoms with Crippen LogP contribution >= 0.6 is 11.8 Å². The van der Waals surface area contributed by atoms with Crippen LogP contribution in [-0.4, -0.2) is 271 Å². The smallest absolute Gasteiger partial charge is 0.305 e. The van der Waals surface area contributed by atoms with E-state index in [1.165, 1.54) is 52.2 Å². The maximum absolute atomic E-state index is 14.8. The van der Waals surface area contributed by atoms with Crippen LogP contribution in [0.3, 0.4) is 0 Å². The Morgan fingerprint density at radius 3 is 1.74 bits per heavy atom. The van der Waals surface area contributed by atoms with Gasteiger partial charge < -0.3 is 92.6 Å². The first-order valence-electron chi connectivity index (χ1n) is 35.3. The van der Waals surface area contributed by atoms with Gasteiger partial charge in [-0.15, -0.1) is 11.8 Å². The van der Waals surface area contributed by atoms with Crippen LogP contribution in [0.5, 0.6) is 5.75 Å². The van der Waals surface area contributed by atoms with Gasteiger partial charge in [-0.2, -0.15) is 0 Å². The Morgan fingerprint density at radius 1 is 0.569 bits per heavy atom. The molecule has 2 heterocycles. The minimum absolute atomic E-state index is 0.0670. The van der Waals surface area contributed by atoms with Crippen molar-refractivity contribution in [3.63, 3.8) is 0 Å². The first-order valence-corrected chi connectivity index (χ1v) is 36.5. The summed E-state index contributed by atoms with van der Waals surface area (Å²) in [5.74, 6) is -23.6. The summed E-state index contributed by atoms with van der Waals surface area (Å²) in [6.07, 6.45) is -6.60. The van der Waals surface area contributed by atoms with Crippen molar-refractivity contribution >= 4 is 100 Å². The molecule has 37 heteroatoms. The van der Waals surface area contributed by atoms with E-state index < -0.39 is 249 Å². The number of carbonyl (C=O) groups is 15. The number of phenolic OH excluding ortho intramolecular Hbond substituents is 1. The Morgan fingerprint density at radius 2 is 1.14 bits per heavy atom. The Hall–Kier alpha value is -10.4. The number of aromatic hydroxyl groups is 1. The molecule has 0 unspecified atom stereocenters. The lowest BCUT2D eigenvalue weighted by Gasteiger charge is -2.35. The van der Waals surface area contributed by atoms with Crippen LogP contribution in [0, 0.1) is 29.3 Å². The predicted molar refractivity (Wildman–Crippen MR) is 386 cm³/mol. The van der Waals surface area contributed by atoms with Gasteiger partial charge in [0.25, 0.3) is 0 Å². The van der Waals surface area contributed by atoms with Gasteiger partial charge >= 0.3 is 11.9 Å². The number of aliphatic hydroxyl groups is 2. The summed E-state index contributed by atoms with van der Waals surface area (Å²) >= 11 is 0.704. The fourth-order valence-electron chi connectivity index (χ4n) is 12.1. The highest BCUT2D eigenvalue weighted by atomic mass is 32.2. The molecule has 13 amide bonds. The van der Waals surface area contributed by atoms with Crippen molar-refractivity contribution in [3.8, 4) is 5.75 Å². The number of amides is 13. The molecule has 0 bridgehead atoms. The van der Waals surface area contributed by atoms with Gasteiger partial charge in [-0.3, -0.25) is 71.9 Å². The Balaban J connectivity index is 1.55. The molecule has 2 aliphatic rings. The molecule has 0 aromatic heterocycles. The molecule has 2 fully saturated rings. The number of thioether (sulfide) groups is 1. The summed E-state index contributed by atoms with van der Waals surface area (Å²) in [5, 5.41) is 71.4. The van der Waals surface area contributed by atoms with Crippen molar-refractivity contribution in [2.45, 2.75) is 172 Å². The summed E-state index contributed by atoms with van der Waals surface area (Å²) in [6, 6.07) is 0.277. The number of carboxylic acids is 2. The minimum Gasteiger partial charge on any atom is -0.508 e. The second kappa shape index (κ2) is 42.4. The molecule has 0 saturated carbocycles. The van der Waals surface area contributed by atoms with E-state index in [0.717, 1.165) is 38.6 Å². The maximum atomic E-state index is 14.8. The van der Waals surface area contributed by atoms with Gasteiger partial charge in [0, 0.05) is 72.6 Å². The Bertz CT molecular complexity index is 3750. The van der Waals surface area contributed by atoms with Crippen LogP contribution in [0.25, 0.3) is 0 Å². The van der Waals surface area contributed by atoms with Crippen LogP contribution in [0.4, 0.5) is 13.2 Å². The molecule has 13 N–H and O–H groups in total. The summed E-state index contributed by atoms with van der Waals surface area (Å²) < 4.78 is 43.5. The maximum Gasteiger partial charge on any atom is 0.305 e. The van der Waals surface area contributed by atoms with E-state index in [2.05, 4.69) is 42.5 Å². The second-order valence-corrected chi connectivity index (χ2v) is 28.6. The van der Waals surface area contributed by atoms with Gasteiger partial charge in [0.1, 0.15) is 66.4 Å². The molecule has 2 aliphatic heterocycles. The lowest BCUT2D eigenvalue weighted by molar-refractivity contribution is -0.150. The number of fused-ring (bicyclic) bond motifs is 1. The molecular weight excluding hydrogens is 1460 g/mol. The van der Waals surface area contributed by atoms with Crippen molar-refractivity contribution in [1.29, 1.82) is 0 Å². The van der Waals surface area contributed by atoms with Gasteiger partial charge in [-0.25, -0.2) is 13.2 Å². The summed E-state index contributed by atoms with van der Waals surface area (Å²) in [5.41, 5.74) is 0.529. The minimum atomic E-state index is -1.99. The van der Waals surface area contributed by atoms with E-state index in [1.807, 2.05) is 0 Å². The number of hydrogen-bond acceptors (Lipinski definition) is 19. The first-order chi connectivity index (χ1) is 51.3. The number of aliphatic carboxylic acids is 2. The molecule has 0 spiro atoms. The van der Waals surface area contributed by atoms with Gasteiger partial charge in [0.05, 0.1) is 37.9 Å². The zero-order chi connectivity index (χ0) is 81.3. The number of benzene rings is 3. The molecule has 0 aliphatic carbocycles. The van der Waals surface area contributed by atoms with E-state index in [1.54, 1.807) is 51.1 Å². The fourth-order valence-corrected chi connectivity index (χ4v) is 12.8. The molecule has 33 nitrogen and oxygen atoms in total. The number of aliphatic hydroxyl groups excluding tert-OH is 2. The van der Waals surface area contributed by atoms with E-state index >= 15 is 0 Å². The van der Waals surface area contributed by atoms with Gasteiger partial charge in [0.2, 0.25) is 76.8 Å². The molecule has 598 valence electrons. The second-order valence-electron chi connectivity index (χ2n) is 27.6. The fraction of sp³-hybridized carbons (Fsp3) is 0.542. The average molecular weight is 1550 g/mol. The Kier molecular flexibility index (Phi) is 34.7. The van der Waals surface area contributed by atoms with E-state index in [4.69, 9.17) is 0 Å². The normalized spacial score (nSPS) is 24.4. The quantitative estimate of drug-likeness (QED) is 0.0707. The molecule has 3 aromatic rings. The van der Waals surface area contributed by atoms with Crippen molar-refractivity contribution in [2.24, 2.45) is 11.8 Å². The van der Waals surface area contributed by atoms with Crippen LogP contribution in [0.2, 0.25) is 0 Å². The summed E-state index contributed by atoms with van der Waals surface area (Å²) in [7, 11) is 4.65. The third-order valence-electron chi connectivity index (χ3n) is 18.2. The lowest BCUT2D eigenvalue weighted by Crippen LogP contribution is -2.60. The average Bonchev–Trinajstić information content (AvgIpc) is 1.72. The molecule has 0 radical (unpaired) electrons. The Labute approximate surface area is 631 Å². The van der Waals surface area contributed by atoms with Gasteiger partial charge in [-0.1, -0.05) is 89.9 Å². The number of nitrogens with one attached hydrogen (secondary N) is 8. The van der Waals surface area contributed by atoms with Crippen molar-refractivity contribution in [1.82, 2.24) is 67.0 Å². The predicted octanol–water partition coefficient (Wildman–Crippen LogP) is -1.19. The van der Waals surface area contributed by atoms with Crippen LogP contribution in [0.15, 0.2) is 66.7 Å². The SMILES string of the molecule is CCCC[C@H]1C(=O)N2C[C@H](O)C[C@@H]2C(=O)N[C@@H](CC(=O)O)C(=O)N[C@@H](C(C)C)C(=O)N(C)[C@@H](Cc2ccccc2)C(=O)NCC(=O)N(C)[C@@H](CCC(=O)O)C(=O)NCC(=O)N[C@@H](Cc2ccc(O)cc2)C(=O)N[C@@H](CC(C)C)C(=O)N[C@H](O)CSCC(=O)N[C@@H](Cc2cc(F)c(F)c(F)c2)C(=O)N(C)CC(=O)N1C. The highest BCUT2D eigenvalue weighted by Gasteiger charge is 2.45. The number of unbranched alkanes of at least 4 members (excludes halogenated alkanes) is 1. The van der Waals surface area contributed by atoms with Gasteiger partial charge in [-0.05, 0) is 72.1 Å². The van der Waals surface area contributed by atoms with Crippen LogP contribution in [0.1, 0.15) is 103 Å². The van der Waals surface area contributed by atoms with Gasteiger partial charge in [0.15, 0.2) is 17.5 Å². The molecule has 2 saturated heterocycles. The molecule has 11 atom stereocenters. The van der Waals surface area contributed by atoms with E-state index in [9.17, 15) is 111 Å². The van der Waals surface area contributed by atoms with Crippen LogP contribution < -0.4 is 42.5 Å². The topological polar surface area (TPSA) is 470 Å². The highest BCUT2D eigenvalue weighted by Crippen LogP contribution is 2.25. The van der Waals surface area contributed by atoms with E-state index in [0.29, 0.717) is 41.4 Å². The largest absolute Gasteiger partial charge is 0.508 e. The number of likely N-dealkylation sites (N-methyl/N-ethyl adjacent to an activating group) is 4. The van der Waals surface area contributed by atoms with Crippen molar-refractivity contribution in [3.05, 3.63) is 101 Å². The third-order valence-corrected chi connectivity index (χ3v) is 19.2. The van der Waals surface area contributed by atoms with Crippen molar-refractivity contribution in [2.75, 3.05) is 65.9 Å². The highest BCUT2D eigenvalue weighted by molar-refractivity contribution is 8.00. The monoisotopic (exact) mass is 1550 g/mol. The number of halogens is 3. The summed E-state index contributed by atoms with van der Waals surface area (Å²) in [4.78, 5) is 214. The molecule has 109 heavy (non-hydrogen) atoms. The number of hydrogen-bond donors (Lipinski definition) is 13. The molecular formula is C72H98F3N13O20S. The number of carboxylic acid groups (broad SMARTS) is 2. The number of rotatable bonds is 17. The standard InChI is InChI=1S/C72H98F3N13O20S/c1-10-11-17-52-71(107)88-34-44(90)30-54(88)69(105)81-49(31-61(98)99)66(102)83-63(39(4)5)72(108)87(9)53(29-40-15-13-12-14-16-40)68(104)77-33-58(94)85(7)51(22-23-60(96)97)67(103)76-32-55(91)78-48(27-41-18-20-43(89)21-19-41)64(100)80-47(24-38(2)3)65(101)82-57(93)37-109-36-56(92)79-50(70(106)84(6)35-59(95)86(52)8)28-42-25-45(73)62(75)46(74)26-42/h12-16,18-21,25-26,38-39,44,47-54,57,63,89-90,93H,10-11,17,22-24,27-37H2,1-9H3,(H,76,103)(H,77,104)(H,78,91)(H,79,92)(H,80,100)(H,81,105)(H,82,101)(H,83,102)(H,96,97)(H,98,99)/t44-,47+,48+,49+,50+,51+,52+,53+,54-,57-,63+/m1/s1. The first kappa shape index (κ1) is 89.2. The van der Waals surface area contributed by atoms with Crippen molar-refractivity contribution < 1.29 is 111 Å². The zero-order valence-corrected chi connectivity index (χ0v) is 62.8. The third kappa shape index (κ3) is 27.3. The van der Waals surface area contributed by atoms with Crippen LogP contribution in [-0.2, 0) is 91.2 Å². The number of carbonyl (C=O) groups excluding carboxylic acids is 13. The van der Waals surface area contributed by atoms with E-state index in [-0.39, 0.29) is 49.3 Å². The number of nitrogens with zero attached hydrogens (tertiary/aromatic N) is 5. The lowest BCUT2D eigenvalue weighted by atomic mass is 9.99. The molecule has 5 rings (SSSR count). The number of phenols is 1. The summed E-state index contributed by atoms with van der Waals surface area (Å²) in [6.45, 7) is 5.03.